The van der Waals surface area contributed by atoms with Crippen LogP contribution in [0.5, 0.6) is 0 Å². The zero-order chi connectivity index (χ0) is 12.5. The molecule has 1 N–H and O–H groups in total. The maximum absolute atomic E-state index is 6.10. The Hall–Kier alpha value is -1.87. The summed E-state index contributed by atoms with van der Waals surface area (Å²) in [5.74, 6) is 0.696. The molecule has 4 heteroatoms. The minimum absolute atomic E-state index is 0.483. The van der Waals surface area contributed by atoms with Crippen LogP contribution < -0.4 is 0 Å². The molecule has 0 fully saturated rings. The van der Waals surface area contributed by atoms with Crippen LogP contribution in [0, 0.1) is 6.92 Å². The topological polar surface area (TPSA) is 41.6 Å². The first-order chi connectivity index (χ1) is 8.74. The van der Waals surface area contributed by atoms with Gasteiger partial charge in [-0.05, 0) is 12.5 Å². The molecule has 3 aromatic rings. The Kier molecular flexibility index (Phi) is 2.76. The number of hydrogen-bond acceptors (Lipinski definition) is 2. The summed E-state index contributed by atoms with van der Waals surface area (Å²) in [6.45, 7) is 1.85. The van der Waals surface area contributed by atoms with Crippen LogP contribution in [0.25, 0.3) is 11.0 Å². The van der Waals surface area contributed by atoms with Crippen LogP contribution in [0.15, 0.2) is 36.5 Å². The van der Waals surface area contributed by atoms with Crippen molar-refractivity contribution < 1.29 is 0 Å². The number of rotatable bonds is 2. The lowest BCUT2D eigenvalue weighted by atomic mass is 10.1. The molecule has 3 nitrogen and oxygen atoms in total. The van der Waals surface area contributed by atoms with E-state index in [4.69, 9.17) is 11.6 Å². The fourth-order valence-electron chi connectivity index (χ4n) is 2.08. The highest BCUT2D eigenvalue weighted by Gasteiger charge is 2.10. The fourth-order valence-corrected chi connectivity index (χ4v) is 2.34. The minimum atomic E-state index is 0.483. The molecule has 0 radical (unpaired) electrons. The molecular weight excluding hydrogens is 246 g/mol. The van der Waals surface area contributed by atoms with E-state index < -0.39 is 0 Å². The highest BCUT2D eigenvalue weighted by atomic mass is 35.5. The normalized spacial score (nSPS) is 11.0. The van der Waals surface area contributed by atoms with Gasteiger partial charge in [-0.25, -0.2) is 9.97 Å². The van der Waals surface area contributed by atoms with Gasteiger partial charge in [-0.2, -0.15) is 0 Å². The lowest BCUT2D eigenvalue weighted by Crippen LogP contribution is -1.92. The molecule has 0 bridgehead atoms. The number of aromatic amines is 1. The maximum Gasteiger partial charge on any atom is 0.156 e. The molecule has 0 aliphatic carbocycles. The Bertz CT molecular complexity index is 689. The Morgan fingerprint density at radius 2 is 1.94 bits per heavy atom. The Morgan fingerprint density at radius 1 is 1.17 bits per heavy atom. The summed E-state index contributed by atoms with van der Waals surface area (Å²) in [5.41, 5.74) is 4.12. The lowest BCUT2D eigenvalue weighted by molar-refractivity contribution is 1.08. The van der Waals surface area contributed by atoms with Crippen molar-refractivity contribution in [2.24, 2.45) is 0 Å². The van der Waals surface area contributed by atoms with Crippen LogP contribution in [-0.2, 0) is 6.42 Å². The van der Waals surface area contributed by atoms with Gasteiger partial charge in [0, 0.05) is 18.2 Å². The molecule has 0 unspecified atom stereocenters. The molecule has 0 aliphatic heterocycles. The van der Waals surface area contributed by atoms with E-state index in [1.54, 1.807) is 0 Å². The highest BCUT2D eigenvalue weighted by Crippen LogP contribution is 2.24. The van der Waals surface area contributed by atoms with Crippen LogP contribution in [0.1, 0.15) is 17.0 Å². The predicted molar refractivity (Wildman–Crippen MR) is 72.9 cm³/mol. The van der Waals surface area contributed by atoms with Crippen LogP contribution in [-0.4, -0.2) is 15.0 Å². The van der Waals surface area contributed by atoms with Crippen molar-refractivity contribution in [2.75, 3.05) is 0 Å². The molecular formula is C14H12ClN3. The molecule has 1 aromatic carbocycles. The Morgan fingerprint density at radius 3 is 2.72 bits per heavy atom. The summed E-state index contributed by atoms with van der Waals surface area (Å²) >= 11 is 6.10. The second-order valence-electron chi connectivity index (χ2n) is 4.26. The molecule has 90 valence electrons. The van der Waals surface area contributed by atoms with Gasteiger partial charge in [-0.15, -0.1) is 0 Å². The number of H-pyrrole nitrogens is 1. The Labute approximate surface area is 110 Å². The number of aryl methyl sites for hydroxylation is 1. The van der Waals surface area contributed by atoms with Gasteiger partial charge in [0.15, 0.2) is 5.15 Å². The zero-order valence-electron chi connectivity index (χ0n) is 9.94. The molecule has 0 aliphatic rings. The first-order valence-electron chi connectivity index (χ1n) is 5.78. The van der Waals surface area contributed by atoms with Crippen molar-refractivity contribution >= 4 is 22.6 Å². The molecule has 2 aromatic heterocycles. The molecule has 18 heavy (non-hydrogen) atoms. The van der Waals surface area contributed by atoms with Crippen LogP contribution in [0.3, 0.4) is 0 Å². The summed E-state index contributed by atoms with van der Waals surface area (Å²) in [5, 5.41) is 0.483. The average molecular weight is 258 g/mol. The average Bonchev–Trinajstić information content (AvgIpc) is 2.74. The van der Waals surface area contributed by atoms with E-state index in [-0.39, 0.29) is 0 Å². The van der Waals surface area contributed by atoms with Gasteiger partial charge < -0.3 is 4.98 Å². The number of halogens is 1. The number of fused-ring (bicyclic) bond motifs is 1. The summed E-state index contributed by atoms with van der Waals surface area (Å²) in [6, 6.07) is 10.3. The quantitative estimate of drug-likeness (QED) is 0.714. The van der Waals surface area contributed by atoms with Crippen LogP contribution in [0.4, 0.5) is 0 Å². The highest BCUT2D eigenvalue weighted by molar-refractivity contribution is 6.33. The van der Waals surface area contributed by atoms with Gasteiger partial charge in [0.05, 0.1) is 5.52 Å². The number of hydrogen-bond donors (Lipinski definition) is 1. The molecule has 0 amide bonds. The Balaban J connectivity index is 2.08. The number of benzene rings is 1. The van der Waals surface area contributed by atoms with Gasteiger partial charge >= 0.3 is 0 Å². The van der Waals surface area contributed by atoms with E-state index in [1.807, 2.05) is 31.3 Å². The van der Waals surface area contributed by atoms with Crippen molar-refractivity contribution in [3.05, 3.63) is 58.6 Å². The summed E-state index contributed by atoms with van der Waals surface area (Å²) in [7, 11) is 0. The van der Waals surface area contributed by atoms with Crippen molar-refractivity contribution in [2.45, 2.75) is 13.3 Å². The van der Waals surface area contributed by atoms with E-state index in [0.717, 1.165) is 23.0 Å². The van der Waals surface area contributed by atoms with Crippen molar-refractivity contribution in [3.63, 3.8) is 0 Å². The second-order valence-corrected chi connectivity index (χ2v) is 4.62. The molecule has 0 saturated carbocycles. The number of nitrogens with one attached hydrogen (secondary N) is 1. The summed E-state index contributed by atoms with van der Waals surface area (Å²) in [6.07, 6.45) is 2.80. The molecule has 0 saturated heterocycles. The molecule has 2 heterocycles. The lowest BCUT2D eigenvalue weighted by Gasteiger charge is -2.00. The second kappa shape index (κ2) is 4.42. The van der Waals surface area contributed by atoms with Gasteiger partial charge in [0.2, 0.25) is 0 Å². The van der Waals surface area contributed by atoms with Crippen LogP contribution in [0.2, 0.25) is 5.15 Å². The van der Waals surface area contributed by atoms with Gasteiger partial charge in [-0.1, -0.05) is 41.9 Å². The third-order valence-electron chi connectivity index (χ3n) is 2.91. The van der Waals surface area contributed by atoms with Gasteiger partial charge in [-0.3, -0.25) is 0 Å². The largest absolute Gasteiger partial charge is 0.357 e. The minimum Gasteiger partial charge on any atom is -0.357 e. The van der Waals surface area contributed by atoms with E-state index in [0.29, 0.717) is 11.0 Å². The summed E-state index contributed by atoms with van der Waals surface area (Å²) < 4.78 is 0. The van der Waals surface area contributed by atoms with E-state index in [2.05, 4.69) is 27.1 Å². The number of nitrogens with zero attached hydrogens (tertiary/aromatic N) is 2. The van der Waals surface area contributed by atoms with Gasteiger partial charge in [0.25, 0.3) is 0 Å². The van der Waals surface area contributed by atoms with E-state index in [1.165, 1.54) is 5.56 Å². The standard InChI is InChI=1S/C14H12ClN3/c1-9-17-12-11(7-10-5-3-2-4-6-10)8-16-13(12)14(15)18-9/h2-6,8,16H,7H2,1H3. The van der Waals surface area contributed by atoms with Crippen molar-refractivity contribution in [1.82, 2.24) is 15.0 Å². The summed E-state index contributed by atoms with van der Waals surface area (Å²) in [4.78, 5) is 11.8. The molecule has 0 spiro atoms. The third-order valence-corrected chi connectivity index (χ3v) is 3.18. The first kappa shape index (κ1) is 11.2. The van der Waals surface area contributed by atoms with Crippen LogP contribution >= 0.6 is 11.6 Å². The maximum atomic E-state index is 6.10. The monoisotopic (exact) mass is 257 g/mol. The van der Waals surface area contributed by atoms with Crippen molar-refractivity contribution in [3.8, 4) is 0 Å². The fraction of sp³-hybridized carbons (Fsp3) is 0.143. The first-order valence-corrected chi connectivity index (χ1v) is 6.16. The van der Waals surface area contributed by atoms with Gasteiger partial charge in [0.1, 0.15) is 11.3 Å². The third kappa shape index (κ3) is 1.97. The number of aromatic nitrogens is 3. The smallest absolute Gasteiger partial charge is 0.156 e. The zero-order valence-corrected chi connectivity index (χ0v) is 10.7. The SMILES string of the molecule is Cc1nc(Cl)c2[nH]cc(Cc3ccccc3)c2n1. The molecule has 0 atom stereocenters. The predicted octanol–water partition coefficient (Wildman–Crippen LogP) is 3.51. The molecule has 3 rings (SSSR count). The van der Waals surface area contributed by atoms with Crippen molar-refractivity contribution in [1.29, 1.82) is 0 Å². The van der Waals surface area contributed by atoms with E-state index in [9.17, 15) is 0 Å². The van der Waals surface area contributed by atoms with E-state index >= 15 is 0 Å².